The number of hydrogen-bond donors (Lipinski definition) is 1. The number of rotatable bonds is 8. The van der Waals surface area contributed by atoms with E-state index in [-0.39, 0.29) is 5.91 Å². The molecular weight excluding hydrogens is 266 g/mol. The molecule has 0 aliphatic rings. The average Bonchev–Trinajstić information content (AvgIpc) is 2.98. The second-order valence-corrected chi connectivity index (χ2v) is 5.01. The van der Waals surface area contributed by atoms with Gasteiger partial charge in [-0.05, 0) is 31.2 Å². The van der Waals surface area contributed by atoms with Gasteiger partial charge in [0.15, 0.2) is 0 Å². The van der Waals surface area contributed by atoms with Gasteiger partial charge in [0.05, 0.1) is 6.54 Å². The number of nitrogens with one attached hydrogen (secondary N) is 1. The largest absolute Gasteiger partial charge is 0.355 e. The molecule has 2 rings (SSSR count). The lowest BCUT2D eigenvalue weighted by molar-refractivity contribution is -0.122. The van der Waals surface area contributed by atoms with E-state index in [2.05, 4.69) is 15.4 Å². The topological polar surface area (TPSA) is 63.1 Å². The van der Waals surface area contributed by atoms with Gasteiger partial charge in [-0.15, -0.1) is 0 Å². The van der Waals surface area contributed by atoms with E-state index in [1.165, 1.54) is 0 Å². The van der Waals surface area contributed by atoms with Gasteiger partial charge in [0.2, 0.25) is 5.91 Å². The van der Waals surface area contributed by atoms with Crippen LogP contribution in [0.5, 0.6) is 0 Å². The molecule has 0 aromatic carbocycles. The number of hydrogen-bond acceptors (Lipinski definition) is 4. The number of likely N-dealkylation sites (N-methyl/N-ethyl adjacent to an activating group) is 1. The quantitative estimate of drug-likeness (QED) is 0.733. The minimum Gasteiger partial charge on any atom is -0.355 e. The summed E-state index contributed by atoms with van der Waals surface area (Å²) >= 11 is 0. The molecule has 21 heavy (non-hydrogen) atoms. The van der Waals surface area contributed by atoms with Gasteiger partial charge in [-0.25, -0.2) is 0 Å². The zero-order chi connectivity index (χ0) is 14.9. The number of pyridine rings is 1. The van der Waals surface area contributed by atoms with Gasteiger partial charge in [0.25, 0.3) is 0 Å². The number of aryl methyl sites for hydroxylation is 1. The summed E-state index contributed by atoms with van der Waals surface area (Å²) in [4.78, 5) is 17.9. The van der Waals surface area contributed by atoms with Gasteiger partial charge in [-0.1, -0.05) is 6.07 Å². The third-order valence-corrected chi connectivity index (χ3v) is 3.03. The van der Waals surface area contributed by atoms with Crippen LogP contribution in [0.4, 0.5) is 0 Å². The second kappa shape index (κ2) is 8.16. The summed E-state index contributed by atoms with van der Waals surface area (Å²) in [5.41, 5.74) is 1.10. The zero-order valence-electron chi connectivity index (χ0n) is 12.3. The highest BCUT2D eigenvalue weighted by Gasteiger charge is 2.06. The zero-order valence-corrected chi connectivity index (χ0v) is 12.3. The average molecular weight is 287 g/mol. The molecule has 2 aromatic heterocycles. The van der Waals surface area contributed by atoms with E-state index < -0.39 is 0 Å². The maximum Gasteiger partial charge on any atom is 0.234 e. The Kier molecular flexibility index (Phi) is 5.90. The molecule has 0 spiro atoms. The van der Waals surface area contributed by atoms with Crippen LogP contribution >= 0.6 is 0 Å². The summed E-state index contributed by atoms with van der Waals surface area (Å²) in [7, 11) is 1.93. The van der Waals surface area contributed by atoms with Crippen LogP contribution in [0.15, 0.2) is 43.0 Å². The Balaban J connectivity index is 1.60. The van der Waals surface area contributed by atoms with Crippen molar-refractivity contribution < 1.29 is 4.79 Å². The molecule has 0 unspecified atom stereocenters. The Morgan fingerprint density at radius 1 is 1.38 bits per heavy atom. The first-order chi connectivity index (χ1) is 10.2. The maximum atomic E-state index is 11.8. The first kappa shape index (κ1) is 15.2. The Morgan fingerprint density at radius 3 is 3.00 bits per heavy atom. The van der Waals surface area contributed by atoms with Crippen LogP contribution in [0, 0.1) is 0 Å². The fourth-order valence-electron chi connectivity index (χ4n) is 2.06. The summed E-state index contributed by atoms with van der Waals surface area (Å²) < 4.78 is 1.86. The number of nitrogens with zero attached hydrogens (tertiary/aromatic N) is 4. The van der Waals surface area contributed by atoms with E-state index in [9.17, 15) is 4.79 Å². The van der Waals surface area contributed by atoms with Gasteiger partial charge in [-0.3, -0.25) is 19.4 Å². The molecule has 112 valence electrons. The Morgan fingerprint density at radius 2 is 2.29 bits per heavy atom. The summed E-state index contributed by atoms with van der Waals surface area (Å²) in [6.07, 6.45) is 8.11. The van der Waals surface area contributed by atoms with Crippen molar-refractivity contribution in [2.45, 2.75) is 19.5 Å². The van der Waals surface area contributed by atoms with E-state index >= 15 is 0 Å². The normalized spacial score (nSPS) is 10.8. The fourth-order valence-corrected chi connectivity index (χ4v) is 2.06. The SMILES string of the molecule is CN(CC(=O)NCCCn1cccn1)Cc1cccnc1. The lowest BCUT2D eigenvalue weighted by atomic mass is 10.3. The molecular formula is C15H21N5O. The van der Waals surface area contributed by atoms with Crippen LogP contribution in [0.3, 0.4) is 0 Å². The van der Waals surface area contributed by atoms with E-state index in [1.807, 2.05) is 47.2 Å². The van der Waals surface area contributed by atoms with E-state index in [1.54, 1.807) is 12.4 Å². The summed E-state index contributed by atoms with van der Waals surface area (Å²) in [5, 5.41) is 7.04. The standard InChI is InChI=1S/C15H21N5O/c1-19(12-14-5-2-6-16-11-14)13-15(21)17-7-3-9-20-10-4-8-18-20/h2,4-6,8,10-11H,3,7,9,12-13H2,1H3,(H,17,21). The number of carbonyl (C=O) groups is 1. The van der Waals surface area contributed by atoms with Crippen molar-refractivity contribution in [2.24, 2.45) is 0 Å². The van der Waals surface area contributed by atoms with Crippen LogP contribution in [0.2, 0.25) is 0 Å². The molecule has 0 atom stereocenters. The van der Waals surface area contributed by atoms with Crippen molar-refractivity contribution in [3.63, 3.8) is 0 Å². The molecule has 2 aromatic rings. The highest BCUT2D eigenvalue weighted by molar-refractivity contribution is 5.77. The third-order valence-electron chi connectivity index (χ3n) is 3.03. The van der Waals surface area contributed by atoms with Crippen molar-refractivity contribution in [1.82, 2.24) is 25.0 Å². The lowest BCUT2D eigenvalue weighted by Crippen LogP contribution is -2.35. The minimum absolute atomic E-state index is 0.0434. The monoisotopic (exact) mass is 287 g/mol. The lowest BCUT2D eigenvalue weighted by Gasteiger charge is -2.16. The summed E-state index contributed by atoms with van der Waals surface area (Å²) in [5.74, 6) is 0.0434. The molecule has 0 saturated carbocycles. The van der Waals surface area contributed by atoms with Crippen molar-refractivity contribution in [3.8, 4) is 0 Å². The molecule has 6 nitrogen and oxygen atoms in total. The molecule has 0 saturated heterocycles. The number of carbonyl (C=O) groups excluding carboxylic acids is 1. The molecule has 1 N–H and O–H groups in total. The van der Waals surface area contributed by atoms with E-state index in [0.29, 0.717) is 19.6 Å². The van der Waals surface area contributed by atoms with Crippen molar-refractivity contribution in [2.75, 3.05) is 20.1 Å². The molecule has 0 fully saturated rings. The molecule has 1 amide bonds. The smallest absolute Gasteiger partial charge is 0.234 e. The predicted molar refractivity (Wildman–Crippen MR) is 80.4 cm³/mol. The molecule has 0 radical (unpaired) electrons. The molecule has 0 aliphatic carbocycles. The predicted octanol–water partition coefficient (Wildman–Crippen LogP) is 0.916. The number of aromatic nitrogens is 3. The van der Waals surface area contributed by atoms with Gasteiger partial charge in [0.1, 0.15) is 0 Å². The second-order valence-electron chi connectivity index (χ2n) is 5.01. The molecule has 2 heterocycles. The van der Waals surface area contributed by atoms with Crippen LogP contribution in [0.25, 0.3) is 0 Å². The number of amides is 1. The van der Waals surface area contributed by atoms with Crippen LogP contribution in [-0.4, -0.2) is 45.7 Å². The minimum atomic E-state index is 0.0434. The summed E-state index contributed by atoms with van der Waals surface area (Å²) in [6.45, 7) is 2.59. The molecule has 0 aliphatic heterocycles. The molecule has 0 bridgehead atoms. The van der Waals surface area contributed by atoms with Crippen LogP contribution < -0.4 is 5.32 Å². The first-order valence-electron chi connectivity index (χ1n) is 7.05. The van der Waals surface area contributed by atoms with E-state index in [0.717, 1.165) is 18.5 Å². The van der Waals surface area contributed by atoms with Crippen LogP contribution in [0.1, 0.15) is 12.0 Å². The van der Waals surface area contributed by atoms with Gasteiger partial charge in [-0.2, -0.15) is 5.10 Å². The van der Waals surface area contributed by atoms with Crippen LogP contribution in [-0.2, 0) is 17.9 Å². The van der Waals surface area contributed by atoms with E-state index in [4.69, 9.17) is 0 Å². The fraction of sp³-hybridized carbons (Fsp3) is 0.400. The van der Waals surface area contributed by atoms with Crippen molar-refractivity contribution in [3.05, 3.63) is 48.5 Å². The van der Waals surface area contributed by atoms with Crippen molar-refractivity contribution >= 4 is 5.91 Å². The Hall–Kier alpha value is -2.21. The van der Waals surface area contributed by atoms with Crippen molar-refractivity contribution in [1.29, 1.82) is 0 Å². The van der Waals surface area contributed by atoms with Gasteiger partial charge >= 0.3 is 0 Å². The highest BCUT2D eigenvalue weighted by Crippen LogP contribution is 1.99. The molecule has 6 heteroatoms. The Labute approximate surface area is 124 Å². The first-order valence-corrected chi connectivity index (χ1v) is 7.05. The van der Waals surface area contributed by atoms with Gasteiger partial charge in [0, 0.05) is 44.4 Å². The third kappa shape index (κ3) is 5.74. The van der Waals surface area contributed by atoms with Gasteiger partial charge < -0.3 is 5.32 Å². The Bertz CT molecular complexity index is 526. The summed E-state index contributed by atoms with van der Waals surface area (Å²) in [6, 6.07) is 5.80. The maximum absolute atomic E-state index is 11.8. The highest BCUT2D eigenvalue weighted by atomic mass is 16.2.